The summed E-state index contributed by atoms with van der Waals surface area (Å²) >= 11 is 0. The second-order valence-electron chi connectivity index (χ2n) is 5.66. The molecule has 0 heterocycles. The number of benzene rings is 1. The van der Waals surface area contributed by atoms with Gasteiger partial charge in [0, 0.05) is 6.54 Å². The molecule has 0 radical (unpaired) electrons. The van der Waals surface area contributed by atoms with Gasteiger partial charge in [0.2, 0.25) is 0 Å². The van der Waals surface area contributed by atoms with Gasteiger partial charge in [-0.2, -0.15) is 0 Å². The van der Waals surface area contributed by atoms with Crippen LogP contribution in [0.5, 0.6) is 11.5 Å². The van der Waals surface area contributed by atoms with Crippen LogP contribution in [0.4, 0.5) is 0 Å². The fourth-order valence-electron chi connectivity index (χ4n) is 2.93. The Labute approximate surface area is 125 Å². The Hall–Kier alpha value is -1.75. The molecule has 0 aromatic heterocycles. The van der Waals surface area contributed by atoms with Crippen LogP contribution in [0.25, 0.3) is 0 Å². The highest BCUT2D eigenvalue weighted by Crippen LogP contribution is 2.36. The number of hydrogen-bond donors (Lipinski definition) is 2. The van der Waals surface area contributed by atoms with Gasteiger partial charge in [-0.15, -0.1) is 0 Å². The van der Waals surface area contributed by atoms with Crippen molar-refractivity contribution in [2.45, 2.75) is 25.7 Å². The molecule has 5 heteroatoms. The van der Waals surface area contributed by atoms with Crippen LogP contribution < -0.4 is 20.5 Å². The summed E-state index contributed by atoms with van der Waals surface area (Å²) in [7, 11) is 3.13. The molecule has 1 aliphatic carbocycles. The highest BCUT2D eigenvalue weighted by molar-refractivity contribution is 5.97. The fourth-order valence-corrected chi connectivity index (χ4v) is 2.93. The minimum Gasteiger partial charge on any atom is -0.497 e. The Morgan fingerprint density at radius 2 is 2.00 bits per heavy atom. The van der Waals surface area contributed by atoms with E-state index in [-0.39, 0.29) is 11.3 Å². The molecule has 0 bridgehead atoms. The lowest BCUT2D eigenvalue weighted by Gasteiger charge is -2.27. The normalized spacial score (nSPS) is 16.5. The van der Waals surface area contributed by atoms with Crippen LogP contribution in [-0.2, 0) is 0 Å². The third-order valence-corrected chi connectivity index (χ3v) is 4.37. The summed E-state index contributed by atoms with van der Waals surface area (Å²) in [5.41, 5.74) is 6.44. The van der Waals surface area contributed by atoms with Gasteiger partial charge in [-0.1, -0.05) is 12.8 Å². The highest BCUT2D eigenvalue weighted by Gasteiger charge is 2.33. The van der Waals surface area contributed by atoms with Gasteiger partial charge in [-0.3, -0.25) is 4.79 Å². The lowest BCUT2D eigenvalue weighted by Crippen LogP contribution is -2.40. The molecule has 0 aliphatic heterocycles. The zero-order valence-electron chi connectivity index (χ0n) is 12.8. The third kappa shape index (κ3) is 3.47. The number of hydrogen-bond acceptors (Lipinski definition) is 4. The molecule has 1 aromatic rings. The van der Waals surface area contributed by atoms with Gasteiger partial charge in [-0.05, 0) is 43.0 Å². The van der Waals surface area contributed by atoms with Crippen molar-refractivity contribution in [1.82, 2.24) is 5.32 Å². The van der Waals surface area contributed by atoms with E-state index in [1.54, 1.807) is 32.4 Å². The maximum atomic E-state index is 12.4. The summed E-state index contributed by atoms with van der Waals surface area (Å²) in [5, 5.41) is 3.00. The van der Waals surface area contributed by atoms with E-state index in [1.807, 2.05) is 0 Å². The van der Waals surface area contributed by atoms with Gasteiger partial charge in [0.1, 0.15) is 11.5 Å². The van der Waals surface area contributed by atoms with Gasteiger partial charge >= 0.3 is 0 Å². The minimum absolute atomic E-state index is 0.0573. The lowest BCUT2D eigenvalue weighted by molar-refractivity contribution is 0.0928. The van der Waals surface area contributed by atoms with Crippen molar-refractivity contribution in [3.05, 3.63) is 23.8 Å². The molecule has 1 aromatic carbocycles. The number of ether oxygens (including phenoxy) is 2. The Bertz CT molecular complexity index is 496. The van der Waals surface area contributed by atoms with Crippen molar-refractivity contribution in [3.8, 4) is 11.5 Å². The van der Waals surface area contributed by atoms with Crippen LogP contribution in [0.1, 0.15) is 36.0 Å². The maximum absolute atomic E-state index is 12.4. The van der Waals surface area contributed by atoms with Gasteiger partial charge in [0.25, 0.3) is 5.91 Å². The number of nitrogens with one attached hydrogen (secondary N) is 1. The monoisotopic (exact) mass is 292 g/mol. The summed E-state index contributed by atoms with van der Waals surface area (Å²) in [6, 6.07) is 5.20. The highest BCUT2D eigenvalue weighted by atomic mass is 16.5. The number of methoxy groups -OCH3 is 2. The van der Waals surface area contributed by atoms with Crippen LogP contribution >= 0.6 is 0 Å². The minimum atomic E-state index is -0.148. The third-order valence-electron chi connectivity index (χ3n) is 4.37. The van der Waals surface area contributed by atoms with E-state index in [1.165, 1.54) is 12.8 Å². The van der Waals surface area contributed by atoms with Crippen molar-refractivity contribution >= 4 is 5.91 Å². The van der Waals surface area contributed by atoms with Crippen LogP contribution in [0.3, 0.4) is 0 Å². The second kappa shape index (κ2) is 6.80. The van der Waals surface area contributed by atoms with Crippen LogP contribution in [-0.4, -0.2) is 33.2 Å². The van der Waals surface area contributed by atoms with Gasteiger partial charge in [0.05, 0.1) is 19.8 Å². The lowest BCUT2D eigenvalue weighted by atomic mass is 9.86. The Kier molecular flexibility index (Phi) is 5.07. The average Bonchev–Trinajstić information content (AvgIpc) is 3.01. The molecular weight excluding hydrogens is 268 g/mol. The van der Waals surface area contributed by atoms with E-state index in [4.69, 9.17) is 15.2 Å². The molecule has 2 rings (SSSR count). The van der Waals surface area contributed by atoms with Gasteiger partial charge in [0.15, 0.2) is 0 Å². The molecule has 1 saturated carbocycles. The molecule has 116 valence electrons. The van der Waals surface area contributed by atoms with Crippen LogP contribution in [0, 0.1) is 5.41 Å². The standard InChI is InChI=1S/C16H24N2O3/c1-20-12-5-6-14(21-2)13(9-12)15(19)18-11-16(10-17)7-3-4-8-16/h5-6,9H,3-4,7-8,10-11,17H2,1-2H3,(H,18,19). The SMILES string of the molecule is COc1ccc(OC)c(C(=O)NCC2(CN)CCCC2)c1. The van der Waals surface area contributed by atoms with E-state index >= 15 is 0 Å². The van der Waals surface area contributed by atoms with Crippen molar-refractivity contribution < 1.29 is 14.3 Å². The summed E-state index contributed by atoms with van der Waals surface area (Å²) in [5.74, 6) is 1.03. The molecule has 1 aliphatic rings. The molecule has 5 nitrogen and oxygen atoms in total. The largest absolute Gasteiger partial charge is 0.497 e. The molecule has 3 N–H and O–H groups in total. The average molecular weight is 292 g/mol. The number of nitrogens with two attached hydrogens (primary N) is 1. The van der Waals surface area contributed by atoms with E-state index in [2.05, 4.69) is 5.32 Å². The summed E-state index contributed by atoms with van der Waals surface area (Å²) in [6.45, 7) is 1.23. The quantitative estimate of drug-likeness (QED) is 0.840. The molecule has 1 fully saturated rings. The molecule has 0 unspecified atom stereocenters. The van der Waals surface area contributed by atoms with Crippen LogP contribution in [0.2, 0.25) is 0 Å². The fraction of sp³-hybridized carbons (Fsp3) is 0.562. The predicted molar refractivity (Wildman–Crippen MR) is 81.8 cm³/mol. The zero-order chi connectivity index (χ0) is 15.3. The molecule has 0 saturated heterocycles. The number of rotatable bonds is 6. The molecular formula is C16H24N2O3. The van der Waals surface area contributed by atoms with Gasteiger partial charge < -0.3 is 20.5 Å². The number of carbonyl (C=O) groups excluding carboxylic acids is 1. The molecule has 21 heavy (non-hydrogen) atoms. The first-order valence-electron chi connectivity index (χ1n) is 7.34. The Morgan fingerprint density at radius 1 is 1.29 bits per heavy atom. The predicted octanol–water partition coefficient (Wildman–Crippen LogP) is 1.95. The van der Waals surface area contributed by atoms with Crippen LogP contribution in [0.15, 0.2) is 18.2 Å². The first-order valence-corrected chi connectivity index (χ1v) is 7.34. The molecule has 0 atom stereocenters. The topological polar surface area (TPSA) is 73.6 Å². The summed E-state index contributed by atoms with van der Waals surface area (Å²) in [4.78, 5) is 12.4. The molecule has 0 spiro atoms. The number of carbonyl (C=O) groups is 1. The second-order valence-corrected chi connectivity index (χ2v) is 5.66. The van der Waals surface area contributed by atoms with E-state index < -0.39 is 0 Å². The van der Waals surface area contributed by atoms with Crippen molar-refractivity contribution in [2.24, 2.45) is 11.1 Å². The Morgan fingerprint density at radius 3 is 2.57 bits per heavy atom. The smallest absolute Gasteiger partial charge is 0.255 e. The van der Waals surface area contributed by atoms with Crippen molar-refractivity contribution in [1.29, 1.82) is 0 Å². The summed E-state index contributed by atoms with van der Waals surface area (Å²) < 4.78 is 10.4. The first kappa shape index (κ1) is 15.6. The van der Waals surface area contributed by atoms with Crippen molar-refractivity contribution in [3.63, 3.8) is 0 Å². The number of amides is 1. The zero-order valence-corrected chi connectivity index (χ0v) is 12.8. The van der Waals surface area contributed by atoms with Gasteiger partial charge in [-0.25, -0.2) is 0 Å². The Balaban J connectivity index is 2.09. The van der Waals surface area contributed by atoms with E-state index in [0.717, 1.165) is 12.8 Å². The van der Waals surface area contributed by atoms with Crippen molar-refractivity contribution in [2.75, 3.05) is 27.3 Å². The summed E-state index contributed by atoms with van der Waals surface area (Å²) in [6.07, 6.45) is 4.54. The first-order chi connectivity index (χ1) is 10.1. The van der Waals surface area contributed by atoms with E-state index in [9.17, 15) is 4.79 Å². The maximum Gasteiger partial charge on any atom is 0.255 e. The van der Waals surface area contributed by atoms with E-state index in [0.29, 0.717) is 30.2 Å². The molecule has 1 amide bonds.